The maximum absolute atomic E-state index is 12.3. The molecule has 0 aliphatic rings. The first-order valence-corrected chi connectivity index (χ1v) is 8.97. The first-order chi connectivity index (χ1) is 9.70. The molecule has 0 atom stereocenters. The molecule has 5 nitrogen and oxygen atoms in total. The van der Waals surface area contributed by atoms with Crippen LogP contribution >= 0.6 is 11.6 Å². The van der Waals surface area contributed by atoms with Crippen molar-refractivity contribution in [3.8, 4) is 0 Å². The van der Waals surface area contributed by atoms with Gasteiger partial charge in [-0.15, -0.1) is 0 Å². The lowest BCUT2D eigenvalue weighted by Crippen LogP contribution is -2.34. The number of amides is 1. The number of nitrogens with one attached hydrogen (secondary N) is 1. The van der Waals surface area contributed by atoms with Crippen molar-refractivity contribution >= 4 is 33.2 Å². The Bertz CT molecular complexity index is 613. The summed E-state index contributed by atoms with van der Waals surface area (Å²) in [6, 6.07) is 4.66. The lowest BCUT2D eigenvalue weighted by molar-refractivity contribution is 0.0935. The Hall–Kier alpha value is -1.27. The summed E-state index contributed by atoms with van der Waals surface area (Å²) in [6.45, 7) is 3.98. The van der Waals surface area contributed by atoms with Crippen LogP contribution in [0.4, 0.5) is 5.69 Å². The average Bonchev–Trinajstić information content (AvgIpc) is 2.43. The van der Waals surface area contributed by atoms with E-state index in [4.69, 9.17) is 11.6 Å². The molecule has 1 amide bonds. The Balaban J connectivity index is 3.11. The van der Waals surface area contributed by atoms with Gasteiger partial charge in [-0.05, 0) is 31.0 Å². The Morgan fingerprint density at radius 1 is 1.33 bits per heavy atom. The van der Waals surface area contributed by atoms with Gasteiger partial charge in [-0.25, -0.2) is 8.42 Å². The zero-order valence-corrected chi connectivity index (χ0v) is 14.3. The number of sulfonamides is 1. The molecule has 0 saturated carbocycles. The number of rotatable bonds is 6. The molecular weight excluding hydrogens is 312 g/mol. The van der Waals surface area contributed by atoms with Crippen LogP contribution in [0.3, 0.4) is 0 Å². The minimum atomic E-state index is -3.39. The molecule has 0 aromatic heterocycles. The number of nitrogens with zero attached hydrogens (tertiary/aromatic N) is 1. The maximum Gasteiger partial charge on any atom is 0.253 e. The van der Waals surface area contributed by atoms with Crippen molar-refractivity contribution in [3.63, 3.8) is 0 Å². The summed E-state index contributed by atoms with van der Waals surface area (Å²) in [7, 11) is -1.95. The topological polar surface area (TPSA) is 66.5 Å². The third-order valence-electron chi connectivity index (χ3n) is 3.38. The molecule has 21 heavy (non-hydrogen) atoms. The summed E-state index contributed by atoms with van der Waals surface area (Å²) in [4.78, 5) is 12.3. The third kappa shape index (κ3) is 4.61. The van der Waals surface area contributed by atoms with Crippen molar-refractivity contribution in [1.29, 1.82) is 0 Å². The van der Waals surface area contributed by atoms with Crippen molar-refractivity contribution in [1.82, 2.24) is 5.32 Å². The number of anilines is 1. The molecule has 1 rings (SSSR count). The Labute approximate surface area is 131 Å². The second kappa shape index (κ2) is 7.13. The summed E-state index contributed by atoms with van der Waals surface area (Å²) in [6.07, 6.45) is 2.75. The normalized spacial score (nSPS) is 11.5. The van der Waals surface area contributed by atoms with E-state index >= 15 is 0 Å². The zero-order chi connectivity index (χ0) is 16.2. The van der Waals surface area contributed by atoms with Gasteiger partial charge in [0.05, 0.1) is 22.5 Å². The van der Waals surface area contributed by atoms with Crippen LogP contribution in [0.2, 0.25) is 5.02 Å². The maximum atomic E-state index is 12.3. The van der Waals surface area contributed by atoms with Gasteiger partial charge in [0.2, 0.25) is 10.0 Å². The van der Waals surface area contributed by atoms with E-state index < -0.39 is 10.0 Å². The molecule has 0 saturated heterocycles. The second-order valence-electron chi connectivity index (χ2n) is 4.88. The summed E-state index contributed by atoms with van der Waals surface area (Å²) < 4.78 is 24.2. The quantitative estimate of drug-likeness (QED) is 0.870. The summed E-state index contributed by atoms with van der Waals surface area (Å²) in [5.74, 6) is -0.294. The number of halogens is 1. The lowest BCUT2D eigenvalue weighted by Gasteiger charge is -2.19. The highest BCUT2D eigenvalue weighted by Crippen LogP contribution is 2.24. The van der Waals surface area contributed by atoms with E-state index in [2.05, 4.69) is 5.32 Å². The standard InChI is InChI=1S/C14H21ClN2O3S/c1-5-10(6-2)16-14(18)12-9-11(7-8-13(12)15)17(3)21(4,19)20/h7-10H,5-6H2,1-4H3,(H,16,18). The molecule has 0 radical (unpaired) electrons. The Kier molecular flexibility index (Phi) is 6.04. The number of benzene rings is 1. The fraction of sp³-hybridized carbons (Fsp3) is 0.500. The predicted molar refractivity (Wildman–Crippen MR) is 86.5 cm³/mol. The van der Waals surface area contributed by atoms with Crippen LogP contribution < -0.4 is 9.62 Å². The molecule has 1 N–H and O–H groups in total. The van der Waals surface area contributed by atoms with Gasteiger partial charge in [-0.3, -0.25) is 9.10 Å². The van der Waals surface area contributed by atoms with Gasteiger partial charge in [0.1, 0.15) is 0 Å². The van der Waals surface area contributed by atoms with Gasteiger partial charge in [-0.2, -0.15) is 0 Å². The van der Waals surface area contributed by atoms with Crippen molar-refractivity contribution in [2.24, 2.45) is 0 Å². The SMILES string of the molecule is CCC(CC)NC(=O)c1cc(N(C)S(C)(=O)=O)ccc1Cl. The number of hydrogen-bond acceptors (Lipinski definition) is 3. The molecule has 7 heteroatoms. The van der Waals surface area contributed by atoms with Crippen LogP contribution in [-0.4, -0.2) is 33.7 Å². The van der Waals surface area contributed by atoms with Gasteiger partial charge < -0.3 is 5.32 Å². The highest BCUT2D eigenvalue weighted by atomic mass is 35.5. The van der Waals surface area contributed by atoms with Gasteiger partial charge >= 0.3 is 0 Å². The smallest absolute Gasteiger partial charge is 0.253 e. The molecule has 0 spiro atoms. The lowest BCUT2D eigenvalue weighted by atomic mass is 10.1. The van der Waals surface area contributed by atoms with Gasteiger partial charge in [0.25, 0.3) is 5.91 Å². The first-order valence-electron chi connectivity index (χ1n) is 6.75. The van der Waals surface area contributed by atoms with Crippen LogP contribution in [0.15, 0.2) is 18.2 Å². The van der Waals surface area contributed by atoms with Crippen LogP contribution in [0.1, 0.15) is 37.0 Å². The zero-order valence-electron chi connectivity index (χ0n) is 12.7. The fourth-order valence-corrected chi connectivity index (χ4v) is 2.53. The average molecular weight is 333 g/mol. The van der Waals surface area contributed by atoms with E-state index in [0.717, 1.165) is 23.4 Å². The predicted octanol–water partition coefficient (Wildman–Crippen LogP) is 2.65. The third-order valence-corrected chi connectivity index (χ3v) is 4.91. The van der Waals surface area contributed by atoms with E-state index in [-0.39, 0.29) is 17.5 Å². The Morgan fingerprint density at radius 3 is 2.38 bits per heavy atom. The minimum absolute atomic E-state index is 0.0739. The van der Waals surface area contributed by atoms with Crippen LogP contribution in [-0.2, 0) is 10.0 Å². The van der Waals surface area contributed by atoms with Crippen LogP contribution in [0, 0.1) is 0 Å². The monoisotopic (exact) mass is 332 g/mol. The Morgan fingerprint density at radius 2 is 1.90 bits per heavy atom. The van der Waals surface area contributed by atoms with Crippen molar-refractivity contribution in [3.05, 3.63) is 28.8 Å². The van der Waals surface area contributed by atoms with E-state index in [1.54, 1.807) is 6.07 Å². The molecular formula is C14H21ClN2O3S. The minimum Gasteiger partial charge on any atom is -0.349 e. The van der Waals surface area contributed by atoms with Crippen molar-refractivity contribution < 1.29 is 13.2 Å². The molecule has 118 valence electrons. The fourth-order valence-electron chi connectivity index (χ4n) is 1.83. The molecule has 0 aliphatic heterocycles. The number of hydrogen-bond donors (Lipinski definition) is 1. The summed E-state index contributed by atoms with van der Waals surface area (Å²) >= 11 is 6.05. The van der Waals surface area contributed by atoms with Crippen molar-refractivity contribution in [2.75, 3.05) is 17.6 Å². The number of carbonyl (C=O) groups excluding carboxylic acids is 1. The molecule has 1 aromatic rings. The first kappa shape index (κ1) is 17.8. The van der Waals surface area contributed by atoms with Gasteiger partial charge in [0.15, 0.2) is 0 Å². The van der Waals surface area contributed by atoms with Crippen LogP contribution in [0.5, 0.6) is 0 Å². The molecule has 0 bridgehead atoms. The molecule has 0 unspecified atom stereocenters. The van der Waals surface area contributed by atoms with E-state index in [9.17, 15) is 13.2 Å². The van der Waals surface area contributed by atoms with Crippen LogP contribution in [0.25, 0.3) is 0 Å². The van der Waals surface area contributed by atoms with E-state index in [1.807, 2.05) is 13.8 Å². The molecule has 0 heterocycles. The van der Waals surface area contributed by atoms with Gasteiger partial charge in [0, 0.05) is 13.1 Å². The summed E-state index contributed by atoms with van der Waals surface area (Å²) in [5, 5.41) is 3.18. The van der Waals surface area contributed by atoms with Gasteiger partial charge in [-0.1, -0.05) is 25.4 Å². The molecule has 0 fully saturated rings. The number of carbonyl (C=O) groups is 1. The second-order valence-corrected chi connectivity index (χ2v) is 7.30. The van der Waals surface area contributed by atoms with E-state index in [0.29, 0.717) is 10.7 Å². The molecule has 0 aliphatic carbocycles. The molecule has 1 aromatic carbocycles. The van der Waals surface area contributed by atoms with E-state index in [1.165, 1.54) is 19.2 Å². The van der Waals surface area contributed by atoms with Crippen molar-refractivity contribution in [2.45, 2.75) is 32.7 Å². The summed E-state index contributed by atoms with van der Waals surface area (Å²) in [5.41, 5.74) is 0.674. The highest BCUT2D eigenvalue weighted by Gasteiger charge is 2.18. The largest absolute Gasteiger partial charge is 0.349 e. The highest BCUT2D eigenvalue weighted by molar-refractivity contribution is 7.92.